The molecule has 0 saturated carbocycles. The fraction of sp³-hybridized carbons (Fsp3) is 0.312. The van der Waals surface area contributed by atoms with Gasteiger partial charge in [0.1, 0.15) is 5.76 Å². The van der Waals surface area contributed by atoms with Crippen molar-refractivity contribution in [3.05, 3.63) is 59.5 Å². The molecule has 1 heterocycles. The number of furan rings is 1. The molecule has 2 N–H and O–H groups in total. The van der Waals surface area contributed by atoms with Crippen molar-refractivity contribution in [2.24, 2.45) is 0 Å². The second-order valence-electron chi connectivity index (χ2n) is 4.71. The zero-order valence-corrected chi connectivity index (χ0v) is 11.7. The van der Waals surface area contributed by atoms with E-state index < -0.39 is 0 Å². The highest BCUT2D eigenvalue weighted by Gasteiger charge is 2.03. The molecule has 0 aliphatic carbocycles. The van der Waals surface area contributed by atoms with E-state index in [0.717, 1.165) is 11.3 Å². The summed E-state index contributed by atoms with van der Waals surface area (Å²) in [4.78, 5) is 11.7. The van der Waals surface area contributed by atoms with E-state index in [4.69, 9.17) is 4.42 Å². The van der Waals surface area contributed by atoms with Crippen molar-refractivity contribution >= 4 is 5.91 Å². The van der Waals surface area contributed by atoms with Gasteiger partial charge in [-0.1, -0.05) is 24.3 Å². The van der Waals surface area contributed by atoms with E-state index in [0.29, 0.717) is 26.1 Å². The third-order valence-corrected chi connectivity index (χ3v) is 3.15. The number of carbonyl (C=O) groups is 1. The van der Waals surface area contributed by atoms with Crippen LogP contribution in [0.25, 0.3) is 0 Å². The highest BCUT2D eigenvalue weighted by Crippen LogP contribution is 2.06. The SMILES string of the molecule is Cc1ccccc1CNC(=O)CCNCc1ccco1. The summed E-state index contributed by atoms with van der Waals surface area (Å²) in [7, 11) is 0. The monoisotopic (exact) mass is 272 g/mol. The lowest BCUT2D eigenvalue weighted by Gasteiger charge is -2.08. The standard InChI is InChI=1S/C16H20N2O2/c1-13-5-2-3-6-14(13)11-18-16(19)8-9-17-12-15-7-4-10-20-15/h2-7,10,17H,8-9,11-12H2,1H3,(H,18,19). The van der Waals surface area contributed by atoms with Crippen molar-refractivity contribution in [1.82, 2.24) is 10.6 Å². The van der Waals surface area contributed by atoms with Gasteiger partial charge in [0, 0.05) is 19.5 Å². The highest BCUT2D eigenvalue weighted by molar-refractivity contribution is 5.76. The van der Waals surface area contributed by atoms with Gasteiger partial charge in [-0.15, -0.1) is 0 Å². The number of amides is 1. The van der Waals surface area contributed by atoms with Crippen molar-refractivity contribution in [2.75, 3.05) is 6.54 Å². The molecule has 0 aliphatic heterocycles. The Hall–Kier alpha value is -2.07. The average molecular weight is 272 g/mol. The lowest BCUT2D eigenvalue weighted by atomic mass is 10.1. The molecule has 2 rings (SSSR count). The second-order valence-corrected chi connectivity index (χ2v) is 4.71. The normalized spacial score (nSPS) is 10.4. The summed E-state index contributed by atoms with van der Waals surface area (Å²) in [5.74, 6) is 0.936. The molecular weight excluding hydrogens is 252 g/mol. The van der Waals surface area contributed by atoms with Gasteiger partial charge in [0.15, 0.2) is 0 Å². The molecule has 2 aromatic rings. The van der Waals surface area contributed by atoms with Crippen LogP contribution in [0.3, 0.4) is 0 Å². The molecule has 4 heteroatoms. The molecule has 4 nitrogen and oxygen atoms in total. The van der Waals surface area contributed by atoms with Crippen LogP contribution in [0.1, 0.15) is 23.3 Å². The van der Waals surface area contributed by atoms with Crippen LogP contribution in [0.5, 0.6) is 0 Å². The quantitative estimate of drug-likeness (QED) is 0.761. The molecule has 1 aromatic carbocycles. The van der Waals surface area contributed by atoms with Gasteiger partial charge in [-0.25, -0.2) is 0 Å². The van der Waals surface area contributed by atoms with Crippen LogP contribution in [0, 0.1) is 6.92 Å². The molecule has 0 radical (unpaired) electrons. The summed E-state index contributed by atoms with van der Waals surface area (Å²) in [6.45, 7) is 3.93. The maximum absolute atomic E-state index is 11.7. The number of rotatable bonds is 7. The third kappa shape index (κ3) is 4.55. The van der Waals surface area contributed by atoms with E-state index in [2.05, 4.69) is 10.6 Å². The Bertz CT molecular complexity index is 535. The fourth-order valence-electron chi connectivity index (χ4n) is 1.92. The van der Waals surface area contributed by atoms with Crippen LogP contribution in [-0.4, -0.2) is 12.5 Å². The fourth-order valence-corrected chi connectivity index (χ4v) is 1.92. The number of nitrogens with one attached hydrogen (secondary N) is 2. The largest absolute Gasteiger partial charge is 0.468 e. The first kappa shape index (κ1) is 14.3. The van der Waals surface area contributed by atoms with Crippen LogP contribution >= 0.6 is 0 Å². The van der Waals surface area contributed by atoms with Gasteiger partial charge >= 0.3 is 0 Å². The van der Waals surface area contributed by atoms with Crippen molar-refractivity contribution in [1.29, 1.82) is 0 Å². The van der Waals surface area contributed by atoms with Crippen molar-refractivity contribution in [2.45, 2.75) is 26.4 Å². The summed E-state index contributed by atoms with van der Waals surface area (Å²) in [6.07, 6.45) is 2.11. The minimum absolute atomic E-state index is 0.0557. The molecule has 20 heavy (non-hydrogen) atoms. The van der Waals surface area contributed by atoms with E-state index in [-0.39, 0.29) is 5.91 Å². The zero-order valence-electron chi connectivity index (χ0n) is 11.7. The molecule has 0 saturated heterocycles. The summed E-state index contributed by atoms with van der Waals surface area (Å²) in [5, 5.41) is 6.10. The van der Waals surface area contributed by atoms with Gasteiger partial charge in [-0.3, -0.25) is 4.79 Å². The molecule has 0 atom stereocenters. The Morgan fingerprint density at radius 3 is 2.75 bits per heavy atom. The molecule has 0 aliphatic rings. The first-order valence-electron chi connectivity index (χ1n) is 6.80. The van der Waals surface area contributed by atoms with Gasteiger partial charge in [0.25, 0.3) is 0 Å². The molecule has 0 bridgehead atoms. The molecule has 0 unspecified atom stereocenters. The predicted octanol–water partition coefficient (Wildman–Crippen LogP) is 2.38. The lowest BCUT2D eigenvalue weighted by molar-refractivity contribution is -0.121. The second kappa shape index (κ2) is 7.50. The average Bonchev–Trinajstić information content (AvgIpc) is 2.96. The Labute approximate surface area is 119 Å². The summed E-state index contributed by atoms with van der Waals surface area (Å²) in [6, 6.07) is 11.8. The van der Waals surface area contributed by atoms with Crippen molar-refractivity contribution in [3.8, 4) is 0 Å². The first-order chi connectivity index (χ1) is 9.75. The molecule has 1 aromatic heterocycles. The summed E-state index contributed by atoms with van der Waals surface area (Å²) in [5.41, 5.74) is 2.35. The van der Waals surface area contributed by atoms with Gasteiger partial charge in [-0.2, -0.15) is 0 Å². The predicted molar refractivity (Wildman–Crippen MR) is 78.1 cm³/mol. The number of carbonyl (C=O) groups excluding carboxylic acids is 1. The highest BCUT2D eigenvalue weighted by atomic mass is 16.3. The Morgan fingerprint density at radius 2 is 2.00 bits per heavy atom. The van der Waals surface area contributed by atoms with Gasteiger partial charge in [0.05, 0.1) is 12.8 Å². The minimum atomic E-state index is 0.0557. The number of aryl methyl sites for hydroxylation is 1. The van der Waals surface area contributed by atoms with E-state index in [1.807, 2.05) is 43.3 Å². The first-order valence-corrected chi connectivity index (χ1v) is 6.80. The smallest absolute Gasteiger partial charge is 0.221 e. The van der Waals surface area contributed by atoms with Gasteiger partial charge < -0.3 is 15.1 Å². The van der Waals surface area contributed by atoms with Gasteiger partial charge in [-0.05, 0) is 30.2 Å². The number of hydrogen-bond donors (Lipinski definition) is 2. The van der Waals surface area contributed by atoms with Gasteiger partial charge in [0.2, 0.25) is 5.91 Å². The van der Waals surface area contributed by atoms with Crippen molar-refractivity contribution in [3.63, 3.8) is 0 Å². The Kier molecular flexibility index (Phi) is 5.38. The van der Waals surface area contributed by atoms with Crippen LogP contribution in [-0.2, 0) is 17.9 Å². The number of benzene rings is 1. The maximum atomic E-state index is 11.7. The third-order valence-electron chi connectivity index (χ3n) is 3.15. The topological polar surface area (TPSA) is 54.3 Å². The zero-order chi connectivity index (χ0) is 14.2. The Balaban J connectivity index is 1.62. The molecule has 0 spiro atoms. The Morgan fingerprint density at radius 1 is 1.15 bits per heavy atom. The molecule has 106 valence electrons. The van der Waals surface area contributed by atoms with E-state index in [9.17, 15) is 4.79 Å². The molecule has 1 amide bonds. The number of hydrogen-bond acceptors (Lipinski definition) is 3. The van der Waals surface area contributed by atoms with Crippen LogP contribution in [0.15, 0.2) is 47.1 Å². The maximum Gasteiger partial charge on any atom is 0.221 e. The molecular formula is C16H20N2O2. The van der Waals surface area contributed by atoms with E-state index in [1.165, 1.54) is 5.56 Å². The molecule has 0 fully saturated rings. The van der Waals surface area contributed by atoms with Crippen LogP contribution in [0.2, 0.25) is 0 Å². The van der Waals surface area contributed by atoms with E-state index >= 15 is 0 Å². The minimum Gasteiger partial charge on any atom is -0.468 e. The van der Waals surface area contributed by atoms with Crippen molar-refractivity contribution < 1.29 is 9.21 Å². The summed E-state index contributed by atoms with van der Waals surface area (Å²) < 4.78 is 5.20. The van der Waals surface area contributed by atoms with E-state index in [1.54, 1.807) is 6.26 Å². The van der Waals surface area contributed by atoms with Crippen LogP contribution in [0.4, 0.5) is 0 Å². The summed E-state index contributed by atoms with van der Waals surface area (Å²) >= 11 is 0. The lowest BCUT2D eigenvalue weighted by Crippen LogP contribution is -2.27. The van der Waals surface area contributed by atoms with Crippen LogP contribution < -0.4 is 10.6 Å².